The van der Waals surface area contributed by atoms with E-state index in [1.165, 1.54) is 15.4 Å². The Morgan fingerprint density at radius 1 is 1.03 bits per heavy atom. The molecule has 0 spiro atoms. The van der Waals surface area contributed by atoms with Gasteiger partial charge in [-0.05, 0) is 64.0 Å². The minimum Gasteiger partial charge on any atom is -0.444 e. The van der Waals surface area contributed by atoms with Gasteiger partial charge in [0.25, 0.3) is 0 Å². The first-order valence-corrected chi connectivity index (χ1v) is 12.3. The minimum absolute atomic E-state index is 0.162. The van der Waals surface area contributed by atoms with Gasteiger partial charge in [-0.25, -0.2) is 17.5 Å². The molecular weight excluding hydrogens is 447 g/mol. The van der Waals surface area contributed by atoms with Crippen LogP contribution in [0.15, 0.2) is 18.5 Å². The SMILES string of the molecule is CC(C)(C)OC(=O)N1CCC(S(=O)(=O)N2CCC(c3cncc(C(F)(F)F)c3)CC2)CC1. The van der Waals surface area contributed by atoms with Crippen LogP contribution in [-0.2, 0) is 20.9 Å². The zero-order valence-corrected chi connectivity index (χ0v) is 19.4. The molecule has 2 saturated heterocycles. The number of halogens is 3. The largest absolute Gasteiger partial charge is 0.444 e. The predicted molar refractivity (Wildman–Crippen MR) is 113 cm³/mol. The van der Waals surface area contributed by atoms with Gasteiger partial charge in [0.1, 0.15) is 5.60 Å². The Hall–Kier alpha value is -1.88. The Bertz CT molecular complexity index is 915. The number of likely N-dealkylation sites (tertiary alicyclic amines) is 1. The van der Waals surface area contributed by atoms with E-state index in [1.54, 1.807) is 20.8 Å². The normalized spacial score (nSPS) is 20.4. The van der Waals surface area contributed by atoms with E-state index in [4.69, 9.17) is 4.74 Å². The first kappa shape index (κ1) is 24.8. The van der Waals surface area contributed by atoms with Gasteiger partial charge in [-0.15, -0.1) is 0 Å². The minimum atomic E-state index is -4.46. The Balaban J connectivity index is 1.56. The molecule has 3 rings (SSSR count). The Morgan fingerprint density at radius 3 is 2.16 bits per heavy atom. The lowest BCUT2D eigenvalue weighted by molar-refractivity contribution is -0.137. The number of pyridine rings is 1. The van der Waals surface area contributed by atoms with Crippen LogP contribution in [0.3, 0.4) is 0 Å². The maximum absolute atomic E-state index is 13.1. The molecule has 0 saturated carbocycles. The van der Waals surface area contributed by atoms with Crippen molar-refractivity contribution >= 4 is 16.1 Å². The second-order valence-corrected chi connectivity index (χ2v) is 11.6. The van der Waals surface area contributed by atoms with Crippen molar-refractivity contribution in [2.75, 3.05) is 26.2 Å². The third-order valence-electron chi connectivity index (χ3n) is 5.89. The van der Waals surface area contributed by atoms with Crippen LogP contribution in [0.1, 0.15) is 63.5 Å². The topological polar surface area (TPSA) is 79.8 Å². The van der Waals surface area contributed by atoms with Crippen molar-refractivity contribution < 1.29 is 31.1 Å². The van der Waals surface area contributed by atoms with Crippen molar-refractivity contribution in [3.05, 3.63) is 29.6 Å². The van der Waals surface area contributed by atoms with Gasteiger partial charge in [0.05, 0.1) is 10.8 Å². The average molecular weight is 478 g/mol. The van der Waals surface area contributed by atoms with Gasteiger partial charge in [-0.2, -0.15) is 13.2 Å². The fraction of sp³-hybridized carbons (Fsp3) is 0.714. The number of nitrogens with zero attached hydrogens (tertiary/aromatic N) is 3. The van der Waals surface area contributed by atoms with Gasteiger partial charge in [0, 0.05) is 38.6 Å². The molecule has 1 aromatic heterocycles. The lowest BCUT2D eigenvalue weighted by Crippen LogP contribution is -2.49. The number of aromatic nitrogens is 1. The highest BCUT2D eigenvalue weighted by molar-refractivity contribution is 7.89. The second-order valence-electron chi connectivity index (χ2n) is 9.39. The highest BCUT2D eigenvalue weighted by Crippen LogP contribution is 2.35. The molecule has 0 aliphatic carbocycles. The van der Waals surface area contributed by atoms with Crippen molar-refractivity contribution in [1.29, 1.82) is 0 Å². The van der Waals surface area contributed by atoms with E-state index in [0.29, 0.717) is 44.3 Å². The van der Waals surface area contributed by atoms with E-state index in [1.807, 2.05) is 0 Å². The van der Waals surface area contributed by atoms with Crippen LogP contribution in [0, 0.1) is 0 Å². The maximum Gasteiger partial charge on any atom is 0.417 e. The number of sulfonamides is 1. The Labute approximate surface area is 187 Å². The molecule has 2 aliphatic heterocycles. The van der Waals surface area contributed by atoms with Crippen molar-refractivity contribution in [2.24, 2.45) is 0 Å². The van der Waals surface area contributed by atoms with E-state index in [9.17, 15) is 26.4 Å². The molecule has 32 heavy (non-hydrogen) atoms. The van der Waals surface area contributed by atoms with Gasteiger partial charge in [0.15, 0.2) is 0 Å². The fourth-order valence-corrected chi connectivity index (χ4v) is 6.10. The van der Waals surface area contributed by atoms with Gasteiger partial charge >= 0.3 is 12.3 Å². The number of amides is 1. The summed E-state index contributed by atoms with van der Waals surface area (Å²) >= 11 is 0. The number of carbonyl (C=O) groups excluding carboxylic acids is 1. The van der Waals surface area contributed by atoms with Crippen LogP contribution >= 0.6 is 0 Å². The number of ether oxygens (including phenoxy) is 1. The third-order valence-corrected chi connectivity index (χ3v) is 8.29. The zero-order chi connectivity index (χ0) is 23.7. The molecule has 1 amide bonds. The summed E-state index contributed by atoms with van der Waals surface area (Å²) in [6.45, 7) is 6.48. The molecule has 3 heterocycles. The summed E-state index contributed by atoms with van der Waals surface area (Å²) in [6, 6.07) is 1.11. The van der Waals surface area contributed by atoms with Gasteiger partial charge in [0.2, 0.25) is 10.0 Å². The molecule has 7 nitrogen and oxygen atoms in total. The van der Waals surface area contributed by atoms with E-state index in [2.05, 4.69) is 4.98 Å². The highest BCUT2D eigenvalue weighted by atomic mass is 32.2. The number of alkyl halides is 3. The molecule has 180 valence electrons. The van der Waals surface area contributed by atoms with Crippen molar-refractivity contribution in [3.8, 4) is 0 Å². The lowest BCUT2D eigenvalue weighted by atomic mass is 9.90. The highest BCUT2D eigenvalue weighted by Gasteiger charge is 2.39. The summed E-state index contributed by atoms with van der Waals surface area (Å²) in [6.07, 6.45) is -1.12. The number of piperidine rings is 2. The van der Waals surface area contributed by atoms with Crippen molar-refractivity contribution in [1.82, 2.24) is 14.2 Å². The molecule has 0 radical (unpaired) electrons. The Kier molecular flexibility index (Phi) is 7.09. The van der Waals surface area contributed by atoms with Crippen molar-refractivity contribution in [2.45, 2.75) is 69.4 Å². The molecular formula is C21H30F3N3O4S. The standard InChI is InChI=1S/C21H30F3N3O4S/c1-20(2,3)31-19(28)26-8-6-18(7-9-26)32(29,30)27-10-4-15(5-11-27)16-12-17(14-25-13-16)21(22,23)24/h12-15,18H,4-11H2,1-3H3. The Morgan fingerprint density at radius 2 is 1.62 bits per heavy atom. The first-order valence-electron chi connectivity index (χ1n) is 10.8. The average Bonchev–Trinajstić information content (AvgIpc) is 2.72. The summed E-state index contributed by atoms with van der Waals surface area (Å²) in [5.74, 6) is -0.162. The molecule has 2 aliphatic rings. The number of rotatable bonds is 3. The summed E-state index contributed by atoms with van der Waals surface area (Å²) in [5.41, 5.74) is -0.913. The molecule has 0 bridgehead atoms. The summed E-state index contributed by atoms with van der Waals surface area (Å²) in [4.78, 5) is 17.4. The first-order chi connectivity index (χ1) is 14.8. The van der Waals surface area contributed by atoms with Crippen molar-refractivity contribution in [3.63, 3.8) is 0 Å². The fourth-order valence-electron chi connectivity index (χ4n) is 4.15. The maximum atomic E-state index is 13.1. The third kappa shape index (κ3) is 5.92. The zero-order valence-electron chi connectivity index (χ0n) is 18.6. The van der Waals surface area contributed by atoms with Gasteiger partial charge in [-0.3, -0.25) is 4.98 Å². The molecule has 2 fully saturated rings. The van der Waals surface area contributed by atoms with Crippen LogP contribution in [-0.4, -0.2) is 65.7 Å². The van der Waals surface area contributed by atoms with Crippen LogP contribution in [0.2, 0.25) is 0 Å². The van der Waals surface area contributed by atoms with Crippen LogP contribution in [0.5, 0.6) is 0 Å². The van der Waals surface area contributed by atoms with Gasteiger partial charge < -0.3 is 9.64 Å². The summed E-state index contributed by atoms with van der Waals surface area (Å²) in [7, 11) is -3.55. The van der Waals surface area contributed by atoms with E-state index in [0.717, 1.165) is 12.3 Å². The van der Waals surface area contributed by atoms with E-state index in [-0.39, 0.29) is 19.0 Å². The smallest absolute Gasteiger partial charge is 0.417 e. The number of carbonyl (C=O) groups is 1. The summed E-state index contributed by atoms with van der Waals surface area (Å²) in [5, 5.41) is -0.576. The monoisotopic (exact) mass is 477 g/mol. The quantitative estimate of drug-likeness (QED) is 0.657. The van der Waals surface area contributed by atoms with Gasteiger partial charge in [-0.1, -0.05) is 0 Å². The van der Waals surface area contributed by atoms with E-state index < -0.39 is 38.7 Å². The molecule has 1 aromatic rings. The van der Waals surface area contributed by atoms with Crippen LogP contribution in [0.4, 0.5) is 18.0 Å². The summed E-state index contributed by atoms with van der Waals surface area (Å²) < 4.78 is 71.9. The number of hydrogen-bond donors (Lipinski definition) is 0. The van der Waals surface area contributed by atoms with Crippen LogP contribution < -0.4 is 0 Å². The lowest BCUT2D eigenvalue weighted by Gasteiger charge is -2.37. The van der Waals surface area contributed by atoms with E-state index >= 15 is 0 Å². The molecule has 0 aromatic carbocycles. The molecule has 0 N–H and O–H groups in total. The molecule has 0 atom stereocenters. The van der Waals surface area contributed by atoms with Crippen LogP contribution in [0.25, 0.3) is 0 Å². The molecule has 11 heteroatoms. The second kappa shape index (κ2) is 9.17. The predicted octanol–water partition coefficient (Wildman–Crippen LogP) is 4.01. The number of hydrogen-bond acceptors (Lipinski definition) is 5. The molecule has 0 unspecified atom stereocenters.